The van der Waals surface area contributed by atoms with Gasteiger partial charge in [-0.25, -0.2) is 0 Å². The lowest BCUT2D eigenvalue weighted by Gasteiger charge is -2.53. The van der Waals surface area contributed by atoms with Crippen LogP contribution < -0.4 is 24.0 Å². The van der Waals surface area contributed by atoms with Crippen LogP contribution in [0.25, 0.3) is 0 Å². The van der Waals surface area contributed by atoms with E-state index in [9.17, 15) is 4.79 Å². The summed E-state index contributed by atoms with van der Waals surface area (Å²) in [6.45, 7) is 3.28. The van der Waals surface area contributed by atoms with E-state index in [2.05, 4.69) is 4.90 Å². The van der Waals surface area contributed by atoms with E-state index in [0.717, 1.165) is 11.1 Å². The molecule has 1 heterocycles. The molecule has 1 saturated heterocycles. The van der Waals surface area contributed by atoms with Gasteiger partial charge >= 0.3 is 5.97 Å². The number of fused-ring (bicyclic) bond motifs is 1. The Labute approximate surface area is 219 Å². The first-order valence-corrected chi connectivity index (χ1v) is 10.5. The Hall–Kier alpha value is -1.15. The molecule has 2 aromatic carbocycles. The lowest BCUT2D eigenvalue weighted by atomic mass is 9.92. The number of likely N-dealkylation sites (N-methyl/N-ethyl adjacent to an activating group) is 1. The minimum absolute atomic E-state index is 0. The number of quaternary nitrogens is 1. The van der Waals surface area contributed by atoms with Crippen molar-refractivity contribution in [2.24, 2.45) is 0 Å². The monoisotopic (exact) mass is 562 g/mol. The first kappa shape index (κ1) is 15.6. The van der Waals surface area contributed by atoms with Crippen LogP contribution in [0.3, 0.4) is 0 Å². The first-order chi connectivity index (χ1) is 17.5. The molecule has 4 nitrogen and oxygen atoms in total. The highest BCUT2D eigenvalue weighted by Crippen LogP contribution is 2.48. The summed E-state index contributed by atoms with van der Waals surface area (Å²) in [6, 6.07) is 3.61. The fourth-order valence-electron chi connectivity index (χ4n) is 4.70. The van der Waals surface area contributed by atoms with Crippen LogP contribution in [0.2, 0.25) is 5.02 Å². The van der Waals surface area contributed by atoms with Crippen molar-refractivity contribution in [3.63, 3.8) is 0 Å². The average molecular weight is 563 g/mol. The molecular formula is C25H32ClIN2O2. The fraction of sp³-hybridized carbons (Fsp3) is 0.480. The summed E-state index contributed by atoms with van der Waals surface area (Å²) in [6.07, 6.45) is 0.456. The molecular weight excluding hydrogens is 523 g/mol. The van der Waals surface area contributed by atoms with Gasteiger partial charge in [-0.1, -0.05) is 47.9 Å². The topological polar surface area (TPSA) is 29.5 Å². The number of benzene rings is 2. The molecule has 0 aromatic heterocycles. The summed E-state index contributed by atoms with van der Waals surface area (Å²) in [7, 11) is 0. The maximum Gasteiger partial charge on any atom is 0.306 e. The van der Waals surface area contributed by atoms with Crippen molar-refractivity contribution in [2.75, 3.05) is 33.3 Å². The number of hydrogen-bond donors (Lipinski definition) is 0. The minimum Gasteiger partial charge on any atom is -1.00 e. The summed E-state index contributed by atoms with van der Waals surface area (Å²) in [5.74, 6) is -0.986. The molecule has 0 radical (unpaired) electrons. The van der Waals surface area contributed by atoms with Crippen molar-refractivity contribution in [1.82, 2.24) is 4.90 Å². The Morgan fingerprint density at radius 3 is 2.71 bits per heavy atom. The van der Waals surface area contributed by atoms with Gasteiger partial charge in [0.05, 0.1) is 31.0 Å². The molecule has 6 heteroatoms. The SMILES string of the molecule is [2H]c1c([2H])c([2H])c([C@@H]2C[C@@H](N3CC[N@+](COC(C)=O)(C([2H])([2H])[2H])C(C)(C)C3)c3cc(Cl)ccc32)c([2H])c1[2H].[I-]. The molecule has 0 unspecified atom stereocenters. The molecule has 0 spiro atoms. The minimum atomic E-state index is -2.42. The van der Waals surface area contributed by atoms with Gasteiger partial charge in [-0.15, -0.1) is 0 Å². The van der Waals surface area contributed by atoms with Gasteiger partial charge < -0.3 is 28.7 Å². The molecule has 2 aliphatic rings. The third-order valence-corrected chi connectivity index (χ3v) is 6.79. The Morgan fingerprint density at radius 2 is 2.06 bits per heavy atom. The number of ether oxygens (including phenoxy) is 1. The zero-order valence-electron chi connectivity index (χ0n) is 25.9. The van der Waals surface area contributed by atoms with E-state index in [-0.39, 0.29) is 77.5 Å². The third-order valence-electron chi connectivity index (χ3n) is 6.56. The van der Waals surface area contributed by atoms with Gasteiger partial charge in [0.25, 0.3) is 0 Å². The molecule has 1 aliphatic heterocycles. The second-order valence-corrected chi connectivity index (χ2v) is 9.29. The maximum atomic E-state index is 11.6. The largest absolute Gasteiger partial charge is 1.00 e. The van der Waals surface area contributed by atoms with Crippen LogP contribution in [0.15, 0.2) is 48.4 Å². The molecule has 168 valence electrons. The van der Waals surface area contributed by atoms with E-state index in [1.807, 2.05) is 26.0 Å². The van der Waals surface area contributed by atoms with Crippen molar-refractivity contribution in [1.29, 1.82) is 0 Å². The number of nitrogens with zero attached hydrogens (tertiary/aromatic N) is 2. The molecule has 4 rings (SSSR count). The predicted molar refractivity (Wildman–Crippen MR) is 120 cm³/mol. The second-order valence-electron chi connectivity index (χ2n) is 8.86. The number of carbonyl (C=O) groups excluding carboxylic acids is 1. The van der Waals surface area contributed by atoms with Crippen molar-refractivity contribution >= 4 is 17.6 Å². The molecule has 1 aliphatic carbocycles. The predicted octanol–water partition coefficient (Wildman–Crippen LogP) is 1.98. The summed E-state index contributed by atoms with van der Waals surface area (Å²) in [5.41, 5.74) is 1.17. The van der Waals surface area contributed by atoms with Crippen molar-refractivity contribution < 1.29 is 49.0 Å². The highest BCUT2D eigenvalue weighted by atomic mass is 127. The van der Waals surface area contributed by atoms with Gasteiger partial charge in [0, 0.05) is 30.5 Å². The van der Waals surface area contributed by atoms with Crippen LogP contribution in [-0.2, 0) is 9.53 Å². The summed E-state index contributed by atoms with van der Waals surface area (Å²) in [4.78, 5) is 13.8. The molecule has 0 amide bonds. The zero-order chi connectivity index (χ0) is 28.4. The van der Waals surface area contributed by atoms with Crippen LogP contribution in [0.5, 0.6) is 0 Å². The molecule has 0 N–H and O–H groups in total. The van der Waals surface area contributed by atoms with Gasteiger partial charge in [-0.2, -0.15) is 0 Å². The van der Waals surface area contributed by atoms with E-state index < -0.39 is 30.4 Å². The van der Waals surface area contributed by atoms with Gasteiger partial charge in [0.1, 0.15) is 5.54 Å². The second kappa shape index (κ2) is 9.38. The summed E-state index contributed by atoms with van der Waals surface area (Å²) >= 11 is 6.38. The first-order valence-electron chi connectivity index (χ1n) is 14.1. The van der Waals surface area contributed by atoms with Gasteiger partial charge in [-0.3, -0.25) is 14.2 Å². The smallest absolute Gasteiger partial charge is 0.306 e. The highest BCUT2D eigenvalue weighted by molar-refractivity contribution is 6.30. The highest BCUT2D eigenvalue weighted by Gasteiger charge is 2.49. The van der Waals surface area contributed by atoms with E-state index in [4.69, 9.17) is 27.3 Å². The summed E-state index contributed by atoms with van der Waals surface area (Å²) < 4.78 is 71.2. The normalized spacial score (nSPS) is 31.4. The van der Waals surface area contributed by atoms with Crippen molar-refractivity contribution in [2.45, 2.75) is 44.7 Å². The van der Waals surface area contributed by atoms with Crippen LogP contribution in [0, 0.1) is 0 Å². The Morgan fingerprint density at radius 1 is 1.32 bits per heavy atom. The van der Waals surface area contributed by atoms with E-state index in [1.165, 1.54) is 6.92 Å². The van der Waals surface area contributed by atoms with Gasteiger partial charge in [0.15, 0.2) is 0 Å². The van der Waals surface area contributed by atoms with Crippen molar-refractivity contribution in [3.8, 4) is 0 Å². The number of hydrogen-bond acceptors (Lipinski definition) is 3. The number of carbonyl (C=O) groups is 1. The van der Waals surface area contributed by atoms with Crippen LogP contribution in [0.4, 0.5) is 0 Å². The van der Waals surface area contributed by atoms with Gasteiger partial charge in [-0.05, 0) is 49.1 Å². The van der Waals surface area contributed by atoms with Crippen molar-refractivity contribution in [3.05, 3.63) is 70.1 Å². The lowest BCUT2D eigenvalue weighted by molar-refractivity contribution is -0.974. The molecule has 1 fully saturated rings. The Bertz CT molecular complexity index is 1260. The Balaban J connectivity index is 0.00000420. The molecule has 0 bridgehead atoms. The van der Waals surface area contributed by atoms with Crippen LogP contribution in [-0.4, -0.2) is 54.2 Å². The lowest BCUT2D eigenvalue weighted by Crippen LogP contribution is -3.00. The number of esters is 1. The molecule has 2 aromatic rings. The van der Waals surface area contributed by atoms with Crippen LogP contribution in [0.1, 0.15) is 66.8 Å². The third kappa shape index (κ3) is 4.80. The quantitative estimate of drug-likeness (QED) is 0.324. The van der Waals surface area contributed by atoms with Crippen LogP contribution >= 0.6 is 11.6 Å². The molecule has 3 atom stereocenters. The number of halogens is 2. The molecule has 31 heavy (non-hydrogen) atoms. The zero-order valence-corrected chi connectivity index (χ0v) is 20.8. The number of piperazine rings is 1. The van der Waals surface area contributed by atoms with E-state index in [0.29, 0.717) is 24.5 Å². The summed E-state index contributed by atoms with van der Waals surface area (Å²) in [5, 5.41) is 0.522. The Kier molecular flexibility index (Phi) is 4.73. The molecule has 0 saturated carbocycles. The van der Waals surface area contributed by atoms with E-state index >= 15 is 0 Å². The average Bonchev–Trinajstić information content (AvgIpc) is 3.17. The standard InChI is InChI=1S/C25H32ClN2O2.HI/c1-18(29)30-17-28(4)13-12-27(16-25(28,2)3)24-15-22(19-8-6-5-7-9-19)21-11-10-20(26)14-23(21)24;/h5-11,14,22,24H,12-13,15-17H2,1-4H3;1H/q+1;/p-1/t22-,24+,28-;/m0./s1/i4D3,5D,6D,7D,8D,9D;. The fourth-order valence-corrected chi connectivity index (χ4v) is 4.88. The van der Waals surface area contributed by atoms with Gasteiger partial charge in [0.2, 0.25) is 6.73 Å². The van der Waals surface area contributed by atoms with E-state index in [1.54, 1.807) is 6.07 Å². The maximum absolute atomic E-state index is 11.6. The number of rotatable bonds is 4.